The van der Waals surface area contributed by atoms with E-state index in [-0.39, 0.29) is 69.8 Å². The molecule has 29 heavy (non-hydrogen) atoms. The molecule has 0 aliphatic rings. The third-order valence-corrected chi connectivity index (χ3v) is 3.41. The zero-order valence-electron chi connectivity index (χ0n) is 21.8. The van der Waals surface area contributed by atoms with Gasteiger partial charge in [-0.3, -0.25) is 0 Å². The zero-order valence-corrected chi connectivity index (χ0v) is 23.4. The van der Waals surface area contributed by atoms with Crippen molar-refractivity contribution in [3.05, 3.63) is 0 Å². The van der Waals surface area contributed by atoms with Gasteiger partial charge in [-0.05, 0) is 21.7 Å². The monoisotopic (exact) mass is 452 g/mol. The Kier molecular flexibility index (Phi) is 28.2. The molecule has 0 fully saturated rings. The molecule has 4 nitrogen and oxygen atoms in total. The Bertz CT molecular complexity index is 241. The summed E-state index contributed by atoms with van der Waals surface area (Å²) in [5.74, 6) is 0. The van der Waals surface area contributed by atoms with Crippen molar-refractivity contribution in [2.24, 2.45) is 21.7 Å². The van der Waals surface area contributed by atoms with Gasteiger partial charge in [0.25, 0.3) is 0 Å². The fourth-order valence-electron chi connectivity index (χ4n) is 1.22. The summed E-state index contributed by atoms with van der Waals surface area (Å²) in [7, 11) is 0. The molecule has 5 heteroatoms. The molecule has 0 unspecified atom stereocenters. The van der Waals surface area contributed by atoms with Crippen LogP contribution in [-0.2, 0) is 21.7 Å². The maximum Gasteiger partial charge on any atom is 4.00 e. The van der Waals surface area contributed by atoms with Crippen LogP contribution in [0, 0.1) is 21.7 Å². The second-order valence-corrected chi connectivity index (χ2v) is 12.1. The second kappa shape index (κ2) is 20.5. The topological polar surface area (TPSA) is 92.2 Å². The molecule has 0 aromatic rings. The van der Waals surface area contributed by atoms with Crippen LogP contribution in [0.1, 0.15) is 109 Å². The van der Waals surface area contributed by atoms with Crippen molar-refractivity contribution in [2.45, 2.75) is 109 Å². The molecule has 0 heterocycles. The Balaban J connectivity index is -0.0000000873. The van der Waals surface area contributed by atoms with E-state index in [1.807, 2.05) is 0 Å². The molecule has 0 spiro atoms. The van der Waals surface area contributed by atoms with E-state index in [0.29, 0.717) is 0 Å². The van der Waals surface area contributed by atoms with Crippen LogP contribution in [0.2, 0.25) is 0 Å². The predicted molar refractivity (Wildman–Crippen MR) is 116 cm³/mol. The largest absolute Gasteiger partial charge is 4.00 e. The zero-order chi connectivity index (χ0) is 23.7. The first kappa shape index (κ1) is 40.0. The van der Waals surface area contributed by atoms with E-state index < -0.39 is 0 Å². The quantitative estimate of drug-likeness (QED) is 0.613. The molecule has 0 aliphatic heterocycles. The van der Waals surface area contributed by atoms with E-state index in [0.717, 1.165) is 25.7 Å². The second-order valence-electron chi connectivity index (χ2n) is 12.1. The van der Waals surface area contributed by atoms with Gasteiger partial charge in [-0.1, -0.05) is 109 Å². The van der Waals surface area contributed by atoms with Crippen molar-refractivity contribution in [3.63, 3.8) is 0 Å². The molecule has 0 rings (SSSR count). The molecule has 0 radical (unpaired) electrons. The Hall–Kier alpha value is 0.554. The van der Waals surface area contributed by atoms with Crippen LogP contribution in [0.25, 0.3) is 0 Å². The van der Waals surface area contributed by atoms with Crippen molar-refractivity contribution in [1.29, 1.82) is 0 Å². The van der Waals surface area contributed by atoms with Crippen molar-refractivity contribution >= 4 is 0 Å². The first-order valence-corrected chi connectivity index (χ1v) is 10.6. The average Bonchev–Trinajstić information content (AvgIpc) is 2.34. The standard InChI is InChI=1S/4C6H13O.Ti/c4*1-6(2,3)4-5-7;/h4*4-5H2,1-3H3;/q4*-1;+4. The summed E-state index contributed by atoms with van der Waals surface area (Å²) in [5, 5.41) is 39.8. The predicted octanol–water partition coefficient (Wildman–Crippen LogP) is 3.13. The molecule has 0 aliphatic carbocycles. The van der Waals surface area contributed by atoms with Crippen molar-refractivity contribution in [2.75, 3.05) is 26.4 Å². The van der Waals surface area contributed by atoms with Gasteiger partial charge < -0.3 is 20.4 Å². The number of hydrogen-bond donors (Lipinski definition) is 0. The van der Waals surface area contributed by atoms with Gasteiger partial charge in [0.05, 0.1) is 0 Å². The van der Waals surface area contributed by atoms with E-state index in [2.05, 4.69) is 83.1 Å². The van der Waals surface area contributed by atoms with E-state index in [1.54, 1.807) is 0 Å². The summed E-state index contributed by atoms with van der Waals surface area (Å²) >= 11 is 0. The molecule has 0 saturated heterocycles. The fraction of sp³-hybridized carbons (Fsp3) is 1.00. The van der Waals surface area contributed by atoms with Gasteiger partial charge in [-0.25, -0.2) is 0 Å². The normalized spacial score (nSPS) is 11.6. The van der Waals surface area contributed by atoms with Crippen LogP contribution < -0.4 is 20.4 Å². The molecule has 176 valence electrons. The maximum atomic E-state index is 9.95. The minimum absolute atomic E-state index is 0. The van der Waals surface area contributed by atoms with Crippen LogP contribution in [0.5, 0.6) is 0 Å². The average molecular weight is 453 g/mol. The molecule has 0 amide bonds. The molecular formula is C24H52O4Ti. The van der Waals surface area contributed by atoms with Crippen LogP contribution in [0.15, 0.2) is 0 Å². The third-order valence-electron chi connectivity index (χ3n) is 3.41. The van der Waals surface area contributed by atoms with Gasteiger partial charge in [0.1, 0.15) is 0 Å². The van der Waals surface area contributed by atoms with Gasteiger partial charge in [0.15, 0.2) is 0 Å². The van der Waals surface area contributed by atoms with Gasteiger partial charge in [-0.15, -0.1) is 26.4 Å². The minimum Gasteiger partial charge on any atom is -0.854 e. The SMILES string of the molecule is CC(C)(C)CC[O-].CC(C)(C)CC[O-].CC(C)(C)CC[O-].CC(C)(C)CC[O-].[Ti+4]. The smallest absolute Gasteiger partial charge is 0.854 e. The van der Waals surface area contributed by atoms with E-state index in [9.17, 15) is 20.4 Å². The van der Waals surface area contributed by atoms with Crippen LogP contribution >= 0.6 is 0 Å². The van der Waals surface area contributed by atoms with Gasteiger partial charge in [-0.2, -0.15) is 0 Å². The van der Waals surface area contributed by atoms with Gasteiger partial charge in [0, 0.05) is 0 Å². The summed E-state index contributed by atoms with van der Waals surface area (Å²) in [6.45, 7) is 25.1. The first-order chi connectivity index (χ1) is 12.2. The van der Waals surface area contributed by atoms with Gasteiger partial charge in [0.2, 0.25) is 0 Å². The summed E-state index contributed by atoms with van der Waals surface area (Å²) in [6.07, 6.45) is 3.14. The minimum atomic E-state index is 0. The summed E-state index contributed by atoms with van der Waals surface area (Å²) < 4.78 is 0. The third kappa shape index (κ3) is 73.5. The molecular weight excluding hydrogens is 400 g/mol. The summed E-state index contributed by atoms with van der Waals surface area (Å²) in [4.78, 5) is 0. The Morgan fingerprint density at radius 1 is 0.345 bits per heavy atom. The van der Waals surface area contributed by atoms with Crippen LogP contribution in [-0.4, -0.2) is 26.4 Å². The van der Waals surface area contributed by atoms with E-state index >= 15 is 0 Å². The number of rotatable bonds is 4. The molecule has 0 aromatic carbocycles. The summed E-state index contributed by atoms with van der Waals surface area (Å²) in [5.41, 5.74) is 0.951. The van der Waals surface area contributed by atoms with Crippen molar-refractivity contribution in [1.82, 2.24) is 0 Å². The first-order valence-electron chi connectivity index (χ1n) is 10.6. The van der Waals surface area contributed by atoms with Crippen molar-refractivity contribution in [3.8, 4) is 0 Å². The molecule has 0 atom stereocenters. The summed E-state index contributed by atoms with van der Waals surface area (Å²) in [6, 6.07) is 0. The Labute approximate surface area is 198 Å². The number of hydrogen-bond acceptors (Lipinski definition) is 4. The van der Waals surface area contributed by atoms with Crippen LogP contribution in [0.3, 0.4) is 0 Å². The molecule has 0 saturated carbocycles. The van der Waals surface area contributed by atoms with Crippen LogP contribution in [0.4, 0.5) is 0 Å². The Morgan fingerprint density at radius 2 is 0.448 bits per heavy atom. The fourth-order valence-corrected chi connectivity index (χ4v) is 1.22. The van der Waals surface area contributed by atoms with E-state index in [1.165, 1.54) is 0 Å². The van der Waals surface area contributed by atoms with Crippen molar-refractivity contribution < 1.29 is 42.1 Å². The molecule has 0 aromatic heterocycles. The molecule has 0 N–H and O–H groups in total. The molecule has 0 bridgehead atoms. The van der Waals surface area contributed by atoms with E-state index in [4.69, 9.17) is 0 Å². The van der Waals surface area contributed by atoms with Gasteiger partial charge >= 0.3 is 21.7 Å². The Morgan fingerprint density at radius 3 is 0.448 bits per heavy atom. The maximum absolute atomic E-state index is 9.95.